The minimum absolute atomic E-state index is 0.146. The Hall–Kier alpha value is -1.97. The second-order valence-electron chi connectivity index (χ2n) is 4.83. The molecule has 1 aromatic carbocycles. The topological polar surface area (TPSA) is 67.6 Å². The van der Waals surface area contributed by atoms with Gasteiger partial charge in [0, 0.05) is 25.2 Å². The van der Waals surface area contributed by atoms with Crippen LogP contribution in [-0.2, 0) is 11.3 Å². The summed E-state index contributed by atoms with van der Waals surface area (Å²) in [6.45, 7) is 1.27. The standard InChI is InChI=1S/C14H18FN3O2/c1-17(2)5-6-18(10-14(19)20)9-12-4-3-11(8-16)7-13(12)15/h3-4,7H,5-6,9-10H2,1-2H3,(H,19,20). The first-order valence-electron chi connectivity index (χ1n) is 6.19. The zero-order valence-corrected chi connectivity index (χ0v) is 11.6. The summed E-state index contributed by atoms with van der Waals surface area (Å²) in [6, 6.07) is 6.09. The van der Waals surface area contributed by atoms with Crippen molar-refractivity contribution in [2.24, 2.45) is 0 Å². The van der Waals surface area contributed by atoms with E-state index in [1.165, 1.54) is 18.2 Å². The van der Waals surface area contributed by atoms with E-state index in [0.29, 0.717) is 18.7 Å². The molecule has 20 heavy (non-hydrogen) atoms. The molecule has 0 atom stereocenters. The molecule has 108 valence electrons. The lowest BCUT2D eigenvalue weighted by Crippen LogP contribution is -2.35. The maximum Gasteiger partial charge on any atom is 0.317 e. The van der Waals surface area contributed by atoms with Crippen LogP contribution in [0.5, 0.6) is 0 Å². The van der Waals surface area contributed by atoms with Gasteiger partial charge in [0.05, 0.1) is 18.2 Å². The molecule has 0 spiro atoms. The summed E-state index contributed by atoms with van der Waals surface area (Å²) in [7, 11) is 3.78. The number of carboxylic acids is 1. The van der Waals surface area contributed by atoms with Crippen LogP contribution in [0.4, 0.5) is 4.39 Å². The van der Waals surface area contributed by atoms with Crippen molar-refractivity contribution in [1.82, 2.24) is 9.80 Å². The number of carboxylic acid groups (broad SMARTS) is 1. The van der Waals surface area contributed by atoms with Crippen LogP contribution in [0.2, 0.25) is 0 Å². The van der Waals surface area contributed by atoms with Crippen molar-refractivity contribution < 1.29 is 14.3 Å². The average molecular weight is 279 g/mol. The Kier molecular flexibility index (Phi) is 6.10. The van der Waals surface area contributed by atoms with Crippen molar-refractivity contribution in [3.8, 4) is 6.07 Å². The van der Waals surface area contributed by atoms with Gasteiger partial charge in [-0.05, 0) is 26.2 Å². The van der Waals surface area contributed by atoms with Crippen LogP contribution in [0.25, 0.3) is 0 Å². The Bertz CT molecular complexity index is 512. The number of hydrogen-bond donors (Lipinski definition) is 1. The summed E-state index contributed by atoms with van der Waals surface area (Å²) in [5.74, 6) is -1.43. The summed E-state index contributed by atoms with van der Waals surface area (Å²) < 4.78 is 13.8. The molecule has 0 bridgehead atoms. The second kappa shape index (κ2) is 7.58. The maximum atomic E-state index is 13.8. The highest BCUT2D eigenvalue weighted by atomic mass is 19.1. The number of rotatable bonds is 7. The first kappa shape index (κ1) is 16.1. The number of nitrogens with zero attached hydrogens (tertiary/aromatic N) is 3. The molecule has 0 saturated heterocycles. The Morgan fingerprint density at radius 2 is 2.10 bits per heavy atom. The Morgan fingerprint density at radius 3 is 2.60 bits per heavy atom. The van der Waals surface area contributed by atoms with Gasteiger partial charge in [0.25, 0.3) is 0 Å². The monoisotopic (exact) mass is 279 g/mol. The predicted octanol–water partition coefficient (Wildman–Crippen LogP) is 1.15. The van der Waals surface area contributed by atoms with Gasteiger partial charge in [0.2, 0.25) is 0 Å². The second-order valence-corrected chi connectivity index (χ2v) is 4.83. The Balaban J connectivity index is 2.78. The van der Waals surface area contributed by atoms with Crippen LogP contribution in [0.1, 0.15) is 11.1 Å². The SMILES string of the molecule is CN(C)CCN(CC(=O)O)Cc1ccc(C#N)cc1F. The van der Waals surface area contributed by atoms with E-state index in [1.54, 1.807) is 4.90 Å². The molecule has 5 nitrogen and oxygen atoms in total. The van der Waals surface area contributed by atoms with Crippen LogP contribution in [0.15, 0.2) is 18.2 Å². The van der Waals surface area contributed by atoms with Gasteiger partial charge in [-0.2, -0.15) is 5.26 Å². The lowest BCUT2D eigenvalue weighted by Gasteiger charge is -2.22. The van der Waals surface area contributed by atoms with Crippen molar-refractivity contribution in [2.45, 2.75) is 6.54 Å². The quantitative estimate of drug-likeness (QED) is 0.811. The van der Waals surface area contributed by atoms with Crippen molar-refractivity contribution in [1.29, 1.82) is 5.26 Å². The number of likely N-dealkylation sites (N-methyl/N-ethyl adjacent to an activating group) is 1. The summed E-state index contributed by atoms with van der Waals surface area (Å²) in [6.07, 6.45) is 0. The minimum atomic E-state index is -0.946. The normalized spacial score (nSPS) is 10.8. The molecule has 0 aliphatic carbocycles. The summed E-state index contributed by atoms with van der Waals surface area (Å²) in [5, 5.41) is 17.6. The third-order valence-electron chi connectivity index (χ3n) is 2.80. The van der Waals surface area contributed by atoms with Crippen LogP contribution in [0, 0.1) is 17.1 Å². The molecule has 1 N–H and O–H groups in total. The Morgan fingerprint density at radius 1 is 1.40 bits per heavy atom. The van der Waals surface area contributed by atoms with Gasteiger partial charge < -0.3 is 10.0 Å². The first-order valence-corrected chi connectivity index (χ1v) is 6.19. The summed E-state index contributed by atoms with van der Waals surface area (Å²) >= 11 is 0. The van der Waals surface area contributed by atoms with Crippen molar-refractivity contribution in [3.05, 3.63) is 35.1 Å². The molecule has 0 aliphatic rings. The lowest BCUT2D eigenvalue weighted by molar-refractivity contribution is -0.138. The van der Waals surface area contributed by atoms with E-state index in [4.69, 9.17) is 10.4 Å². The zero-order chi connectivity index (χ0) is 15.1. The maximum absolute atomic E-state index is 13.8. The van der Waals surface area contributed by atoms with E-state index in [0.717, 1.165) is 0 Å². The highest BCUT2D eigenvalue weighted by Gasteiger charge is 2.13. The minimum Gasteiger partial charge on any atom is -0.480 e. The molecule has 0 heterocycles. The number of hydrogen-bond acceptors (Lipinski definition) is 4. The highest BCUT2D eigenvalue weighted by molar-refractivity contribution is 5.69. The van der Waals surface area contributed by atoms with Gasteiger partial charge in [-0.3, -0.25) is 9.69 Å². The molecule has 6 heteroatoms. The molecular weight excluding hydrogens is 261 g/mol. The van der Waals surface area contributed by atoms with Crippen molar-refractivity contribution >= 4 is 5.97 Å². The van der Waals surface area contributed by atoms with Gasteiger partial charge in [0.1, 0.15) is 5.82 Å². The fourth-order valence-corrected chi connectivity index (χ4v) is 1.73. The molecule has 0 aromatic heterocycles. The molecular formula is C14H18FN3O2. The van der Waals surface area contributed by atoms with Gasteiger partial charge in [-0.25, -0.2) is 4.39 Å². The number of aliphatic carboxylic acids is 1. The van der Waals surface area contributed by atoms with E-state index >= 15 is 0 Å². The number of halogens is 1. The average Bonchev–Trinajstić information content (AvgIpc) is 2.37. The number of carbonyl (C=O) groups is 1. The first-order chi connectivity index (χ1) is 9.42. The van der Waals surface area contributed by atoms with E-state index < -0.39 is 11.8 Å². The fourth-order valence-electron chi connectivity index (χ4n) is 1.73. The smallest absolute Gasteiger partial charge is 0.317 e. The lowest BCUT2D eigenvalue weighted by atomic mass is 10.1. The van der Waals surface area contributed by atoms with Gasteiger partial charge in [0.15, 0.2) is 0 Å². The molecule has 1 rings (SSSR count). The predicted molar refractivity (Wildman–Crippen MR) is 72.6 cm³/mol. The molecule has 0 unspecified atom stereocenters. The van der Waals surface area contributed by atoms with E-state index in [2.05, 4.69) is 0 Å². The van der Waals surface area contributed by atoms with E-state index in [-0.39, 0.29) is 18.7 Å². The highest BCUT2D eigenvalue weighted by Crippen LogP contribution is 2.12. The van der Waals surface area contributed by atoms with Crippen molar-refractivity contribution in [2.75, 3.05) is 33.7 Å². The van der Waals surface area contributed by atoms with Crippen molar-refractivity contribution in [3.63, 3.8) is 0 Å². The van der Waals surface area contributed by atoms with Gasteiger partial charge >= 0.3 is 5.97 Å². The molecule has 0 aliphatic heterocycles. The molecule has 0 amide bonds. The van der Waals surface area contributed by atoms with Crippen LogP contribution in [-0.4, -0.2) is 54.6 Å². The third kappa shape index (κ3) is 5.34. The fraction of sp³-hybridized carbons (Fsp3) is 0.429. The molecule has 1 aromatic rings. The number of benzene rings is 1. The zero-order valence-electron chi connectivity index (χ0n) is 11.6. The summed E-state index contributed by atoms with van der Waals surface area (Å²) in [5.41, 5.74) is 0.647. The van der Waals surface area contributed by atoms with Crippen LogP contribution >= 0.6 is 0 Å². The largest absolute Gasteiger partial charge is 0.480 e. The van der Waals surface area contributed by atoms with E-state index in [9.17, 15) is 9.18 Å². The molecule has 0 fully saturated rings. The van der Waals surface area contributed by atoms with Crippen LogP contribution in [0.3, 0.4) is 0 Å². The van der Waals surface area contributed by atoms with E-state index in [1.807, 2.05) is 25.1 Å². The van der Waals surface area contributed by atoms with Crippen LogP contribution < -0.4 is 0 Å². The molecule has 0 radical (unpaired) electrons. The third-order valence-corrected chi connectivity index (χ3v) is 2.80. The Labute approximate surface area is 117 Å². The molecule has 0 saturated carbocycles. The number of nitriles is 1. The van der Waals surface area contributed by atoms with Gasteiger partial charge in [-0.1, -0.05) is 6.07 Å². The summed E-state index contributed by atoms with van der Waals surface area (Å²) in [4.78, 5) is 14.4. The van der Waals surface area contributed by atoms with Gasteiger partial charge in [-0.15, -0.1) is 0 Å².